The van der Waals surface area contributed by atoms with Crippen molar-refractivity contribution in [1.29, 1.82) is 0 Å². The van der Waals surface area contributed by atoms with Crippen molar-refractivity contribution < 1.29 is 24.5 Å². The van der Waals surface area contributed by atoms with E-state index in [-0.39, 0.29) is 18.5 Å². The van der Waals surface area contributed by atoms with E-state index in [1.807, 2.05) is 6.08 Å². The number of hydrogen-bond acceptors (Lipinski definition) is 5. The number of amides is 1. The van der Waals surface area contributed by atoms with Gasteiger partial charge in [0.25, 0.3) is 0 Å². The maximum absolute atomic E-state index is 12.5. The minimum absolute atomic E-state index is 0.00354. The maximum atomic E-state index is 12.5. The minimum Gasteiger partial charge on any atom is -0.466 e. The summed E-state index contributed by atoms with van der Waals surface area (Å²) in [6.45, 7) is 4.87. The van der Waals surface area contributed by atoms with Crippen molar-refractivity contribution in [2.75, 3.05) is 13.2 Å². The van der Waals surface area contributed by atoms with Crippen LogP contribution in [-0.4, -0.2) is 47.4 Å². The van der Waals surface area contributed by atoms with Gasteiger partial charge < -0.3 is 20.3 Å². The first-order chi connectivity index (χ1) is 34.0. The highest BCUT2D eigenvalue weighted by molar-refractivity contribution is 5.76. The fraction of sp³-hybridized carbons (Fsp3) is 0.873. The molecule has 0 fully saturated rings. The standard InChI is InChI=1S/C63H119NO5/c1-3-5-7-9-11-13-15-16-17-18-19-23-26-29-32-36-39-43-47-51-55-61(66)60(59-65)64-62(67)56-52-48-44-40-37-33-30-27-24-21-20-22-25-28-31-34-38-42-46-50-54-58-69-63(68)57-53-49-45-41-35-14-12-10-8-6-4-2/h10,12,21,24,51,55,60-61,65-66H,3-9,11,13-20,22-23,25-50,52-54,56-59H2,1-2H3,(H,64,67)/b12-10-,24-21-,55-51+. The molecule has 0 saturated heterocycles. The van der Waals surface area contributed by atoms with E-state index < -0.39 is 12.1 Å². The van der Waals surface area contributed by atoms with Gasteiger partial charge in [0, 0.05) is 12.8 Å². The van der Waals surface area contributed by atoms with Crippen LogP contribution in [0, 0.1) is 0 Å². The summed E-state index contributed by atoms with van der Waals surface area (Å²) in [5.74, 6) is -0.0772. The number of hydrogen-bond donors (Lipinski definition) is 3. The molecular formula is C63H119NO5. The van der Waals surface area contributed by atoms with E-state index >= 15 is 0 Å². The summed E-state index contributed by atoms with van der Waals surface area (Å²) in [6.07, 6.45) is 73.2. The van der Waals surface area contributed by atoms with Crippen LogP contribution in [-0.2, 0) is 14.3 Å². The third-order valence-electron chi connectivity index (χ3n) is 14.1. The number of aliphatic hydroxyl groups is 2. The topological polar surface area (TPSA) is 95.9 Å². The summed E-state index contributed by atoms with van der Waals surface area (Å²) >= 11 is 0. The van der Waals surface area contributed by atoms with E-state index in [1.165, 1.54) is 250 Å². The largest absolute Gasteiger partial charge is 0.466 e. The highest BCUT2D eigenvalue weighted by Crippen LogP contribution is 2.17. The molecule has 0 aliphatic rings. The number of allylic oxidation sites excluding steroid dienone is 5. The third kappa shape index (κ3) is 55.2. The number of aliphatic hydroxyl groups excluding tert-OH is 2. The van der Waals surface area contributed by atoms with E-state index in [9.17, 15) is 19.8 Å². The molecule has 0 saturated carbocycles. The zero-order valence-electron chi connectivity index (χ0n) is 46.3. The molecule has 69 heavy (non-hydrogen) atoms. The predicted octanol–water partition coefficient (Wildman–Crippen LogP) is 19.2. The second kappa shape index (κ2) is 58.6. The Morgan fingerprint density at radius 3 is 1.07 bits per heavy atom. The number of unbranched alkanes of at least 4 members (excludes halogenated alkanes) is 42. The molecule has 0 aromatic carbocycles. The summed E-state index contributed by atoms with van der Waals surface area (Å²) in [5.41, 5.74) is 0. The van der Waals surface area contributed by atoms with Crippen LogP contribution in [0.25, 0.3) is 0 Å². The summed E-state index contributed by atoms with van der Waals surface area (Å²) in [4.78, 5) is 24.5. The van der Waals surface area contributed by atoms with Gasteiger partial charge in [-0.05, 0) is 77.0 Å². The lowest BCUT2D eigenvalue weighted by Crippen LogP contribution is -2.45. The summed E-state index contributed by atoms with van der Waals surface area (Å²) in [6, 6.07) is -0.634. The van der Waals surface area contributed by atoms with Crippen LogP contribution in [0.15, 0.2) is 36.5 Å². The molecule has 0 aromatic rings. The first-order valence-electron chi connectivity index (χ1n) is 30.8. The van der Waals surface area contributed by atoms with Gasteiger partial charge in [0.15, 0.2) is 0 Å². The van der Waals surface area contributed by atoms with Crippen LogP contribution >= 0.6 is 0 Å². The van der Waals surface area contributed by atoms with Crippen LogP contribution in [0.5, 0.6) is 0 Å². The van der Waals surface area contributed by atoms with Gasteiger partial charge in [0.05, 0.1) is 25.4 Å². The molecule has 3 N–H and O–H groups in total. The van der Waals surface area contributed by atoms with E-state index in [1.54, 1.807) is 6.08 Å². The molecule has 6 heteroatoms. The molecule has 0 radical (unpaired) electrons. The SMILES string of the molecule is CCCC/C=C\CCCCCCCC(=O)OCCCCCCCCCCCC/C=C\CCCCCCCCCC(=O)NC(CO)C(O)/C=C/CCCCCCCCCCCCCCCCCCCC. The predicted molar refractivity (Wildman–Crippen MR) is 301 cm³/mol. The van der Waals surface area contributed by atoms with Crippen molar-refractivity contribution in [1.82, 2.24) is 5.32 Å². The van der Waals surface area contributed by atoms with E-state index in [0.717, 1.165) is 51.4 Å². The number of carbonyl (C=O) groups is 2. The van der Waals surface area contributed by atoms with Crippen molar-refractivity contribution in [2.24, 2.45) is 0 Å². The first kappa shape index (κ1) is 67.1. The Kier molecular flexibility index (Phi) is 57.0. The molecule has 0 aromatic heterocycles. The molecule has 406 valence electrons. The Bertz CT molecular complexity index is 1120. The second-order valence-electron chi connectivity index (χ2n) is 21.0. The molecule has 0 aliphatic heterocycles. The lowest BCUT2D eigenvalue weighted by Gasteiger charge is -2.20. The number of esters is 1. The van der Waals surface area contributed by atoms with E-state index in [2.05, 4.69) is 43.5 Å². The average molecular weight is 971 g/mol. The lowest BCUT2D eigenvalue weighted by atomic mass is 10.0. The normalized spacial score (nSPS) is 12.8. The van der Waals surface area contributed by atoms with Crippen LogP contribution in [0.3, 0.4) is 0 Å². The van der Waals surface area contributed by atoms with Gasteiger partial charge in [-0.25, -0.2) is 0 Å². The Morgan fingerprint density at radius 2 is 0.696 bits per heavy atom. The molecule has 1 amide bonds. The number of carbonyl (C=O) groups excluding carboxylic acids is 2. The Hall–Kier alpha value is -1.92. The van der Waals surface area contributed by atoms with Gasteiger partial charge in [-0.1, -0.05) is 275 Å². The summed E-state index contributed by atoms with van der Waals surface area (Å²) in [7, 11) is 0. The smallest absolute Gasteiger partial charge is 0.305 e. The average Bonchev–Trinajstić information content (AvgIpc) is 3.35. The zero-order chi connectivity index (χ0) is 50.0. The first-order valence-corrected chi connectivity index (χ1v) is 30.8. The lowest BCUT2D eigenvalue weighted by molar-refractivity contribution is -0.143. The highest BCUT2D eigenvalue weighted by atomic mass is 16.5. The molecule has 0 bridgehead atoms. The molecular weight excluding hydrogens is 851 g/mol. The van der Waals surface area contributed by atoms with Crippen LogP contribution in [0.1, 0.15) is 328 Å². The number of rotatable bonds is 57. The second-order valence-corrected chi connectivity index (χ2v) is 21.0. The van der Waals surface area contributed by atoms with Crippen LogP contribution < -0.4 is 5.32 Å². The fourth-order valence-corrected chi connectivity index (χ4v) is 9.38. The van der Waals surface area contributed by atoms with Gasteiger partial charge in [-0.2, -0.15) is 0 Å². The third-order valence-corrected chi connectivity index (χ3v) is 14.1. The molecule has 0 aliphatic carbocycles. The molecule has 0 spiro atoms. The Morgan fingerprint density at radius 1 is 0.391 bits per heavy atom. The minimum atomic E-state index is -0.850. The van der Waals surface area contributed by atoms with E-state index in [4.69, 9.17) is 4.74 Å². The number of ether oxygens (including phenoxy) is 1. The van der Waals surface area contributed by atoms with Gasteiger partial charge in [-0.3, -0.25) is 9.59 Å². The quantitative estimate of drug-likeness (QED) is 0.0321. The Labute approximate surface area is 430 Å². The van der Waals surface area contributed by atoms with Crippen LogP contribution in [0.2, 0.25) is 0 Å². The monoisotopic (exact) mass is 970 g/mol. The zero-order valence-corrected chi connectivity index (χ0v) is 46.3. The highest BCUT2D eigenvalue weighted by Gasteiger charge is 2.18. The number of nitrogens with one attached hydrogen (secondary N) is 1. The van der Waals surface area contributed by atoms with Crippen molar-refractivity contribution in [2.45, 2.75) is 341 Å². The van der Waals surface area contributed by atoms with Gasteiger partial charge in [0.2, 0.25) is 5.91 Å². The van der Waals surface area contributed by atoms with Crippen molar-refractivity contribution >= 4 is 11.9 Å². The molecule has 2 unspecified atom stereocenters. The molecule has 0 heterocycles. The van der Waals surface area contributed by atoms with E-state index in [0.29, 0.717) is 19.4 Å². The summed E-state index contributed by atoms with van der Waals surface area (Å²) < 4.78 is 5.45. The summed E-state index contributed by atoms with van der Waals surface area (Å²) in [5, 5.41) is 23.2. The fourth-order valence-electron chi connectivity index (χ4n) is 9.38. The van der Waals surface area contributed by atoms with Gasteiger partial charge in [0.1, 0.15) is 0 Å². The van der Waals surface area contributed by atoms with Crippen molar-refractivity contribution in [3.05, 3.63) is 36.5 Å². The van der Waals surface area contributed by atoms with Crippen molar-refractivity contribution in [3.63, 3.8) is 0 Å². The molecule has 0 rings (SSSR count). The van der Waals surface area contributed by atoms with Gasteiger partial charge >= 0.3 is 5.97 Å². The Balaban J connectivity index is 3.47. The molecule has 6 nitrogen and oxygen atoms in total. The van der Waals surface area contributed by atoms with Crippen LogP contribution in [0.4, 0.5) is 0 Å². The van der Waals surface area contributed by atoms with Gasteiger partial charge in [-0.15, -0.1) is 0 Å². The van der Waals surface area contributed by atoms with Crippen molar-refractivity contribution in [3.8, 4) is 0 Å². The maximum Gasteiger partial charge on any atom is 0.305 e. The molecule has 2 atom stereocenters.